The first-order chi connectivity index (χ1) is 15.9. The van der Waals surface area contributed by atoms with Gasteiger partial charge in [0.15, 0.2) is 17.3 Å². The van der Waals surface area contributed by atoms with Crippen LogP contribution >= 0.6 is 11.6 Å². The number of hydrogen-bond donors (Lipinski definition) is 1. The SMILES string of the molecule is COc1ccc(-c2c(C)noc2-c2ccc(OCc3c(F)cccc3Cl)cc2O)cc1OC. The minimum absolute atomic E-state index is 0.0787. The Balaban J connectivity index is 1.65. The molecule has 0 saturated heterocycles. The van der Waals surface area contributed by atoms with E-state index in [0.29, 0.717) is 39.8 Å². The molecule has 4 aromatic rings. The first kappa shape index (κ1) is 22.5. The highest BCUT2D eigenvalue weighted by Crippen LogP contribution is 2.42. The van der Waals surface area contributed by atoms with Crippen molar-refractivity contribution in [2.75, 3.05) is 14.2 Å². The number of rotatable bonds is 7. The average molecular weight is 470 g/mol. The van der Waals surface area contributed by atoms with Crippen LogP contribution in [-0.2, 0) is 6.61 Å². The summed E-state index contributed by atoms with van der Waals surface area (Å²) in [7, 11) is 3.12. The van der Waals surface area contributed by atoms with Gasteiger partial charge in [0, 0.05) is 11.6 Å². The van der Waals surface area contributed by atoms with Gasteiger partial charge in [-0.15, -0.1) is 0 Å². The molecule has 0 radical (unpaired) electrons. The molecule has 0 aliphatic heterocycles. The molecule has 0 amide bonds. The predicted molar refractivity (Wildman–Crippen MR) is 123 cm³/mol. The molecule has 0 fully saturated rings. The smallest absolute Gasteiger partial charge is 0.178 e. The van der Waals surface area contributed by atoms with E-state index in [2.05, 4.69) is 5.16 Å². The van der Waals surface area contributed by atoms with Gasteiger partial charge in [-0.25, -0.2) is 4.39 Å². The van der Waals surface area contributed by atoms with Crippen LogP contribution in [0.25, 0.3) is 22.5 Å². The monoisotopic (exact) mass is 469 g/mol. The number of aromatic hydroxyl groups is 1. The number of ether oxygens (including phenoxy) is 3. The van der Waals surface area contributed by atoms with Crippen LogP contribution in [0.15, 0.2) is 59.1 Å². The van der Waals surface area contributed by atoms with Crippen LogP contribution in [0.1, 0.15) is 11.3 Å². The number of methoxy groups -OCH3 is 2. The number of halogens is 2. The third kappa shape index (κ3) is 4.45. The summed E-state index contributed by atoms with van der Waals surface area (Å²) in [5.74, 6) is 1.35. The highest BCUT2D eigenvalue weighted by molar-refractivity contribution is 6.31. The van der Waals surface area contributed by atoms with Gasteiger partial charge in [0.1, 0.15) is 23.9 Å². The van der Waals surface area contributed by atoms with Crippen molar-refractivity contribution in [2.24, 2.45) is 0 Å². The van der Waals surface area contributed by atoms with Crippen LogP contribution in [0.4, 0.5) is 4.39 Å². The molecule has 8 heteroatoms. The topological polar surface area (TPSA) is 74.0 Å². The van der Waals surface area contributed by atoms with E-state index < -0.39 is 5.82 Å². The van der Waals surface area contributed by atoms with Crippen LogP contribution in [0, 0.1) is 12.7 Å². The first-order valence-electron chi connectivity index (χ1n) is 10.0. The molecule has 170 valence electrons. The van der Waals surface area contributed by atoms with Crippen LogP contribution in [0.2, 0.25) is 5.02 Å². The second-order valence-corrected chi connectivity index (χ2v) is 7.62. The molecular weight excluding hydrogens is 449 g/mol. The van der Waals surface area contributed by atoms with E-state index in [1.165, 1.54) is 18.2 Å². The number of phenols is 1. The van der Waals surface area contributed by atoms with Gasteiger partial charge in [-0.2, -0.15) is 0 Å². The molecule has 0 saturated carbocycles. The summed E-state index contributed by atoms with van der Waals surface area (Å²) in [4.78, 5) is 0. The Kier molecular flexibility index (Phi) is 6.42. The average Bonchev–Trinajstić information content (AvgIpc) is 3.19. The molecule has 0 unspecified atom stereocenters. The number of benzene rings is 3. The van der Waals surface area contributed by atoms with E-state index in [9.17, 15) is 9.50 Å². The fraction of sp³-hybridized carbons (Fsp3) is 0.160. The molecule has 6 nitrogen and oxygen atoms in total. The summed E-state index contributed by atoms with van der Waals surface area (Å²) >= 11 is 6.05. The maximum absolute atomic E-state index is 14.0. The third-order valence-electron chi connectivity index (χ3n) is 5.19. The van der Waals surface area contributed by atoms with Gasteiger partial charge in [-0.05, 0) is 48.9 Å². The van der Waals surface area contributed by atoms with Gasteiger partial charge in [-0.3, -0.25) is 0 Å². The zero-order chi connectivity index (χ0) is 23.5. The highest BCUT2D eigenvalue weighted by atomic mass is 35.5. The molecule has 0 aliphatic carbocycles. The number of aryl methyl sites for hydroxylation is 1. The molecule has 0 atom stereocenters. The largest absolute Gasteiger partial charge is 0.507 e. The van der Waals surface area contributed by atoms with Gasteiger partial charge in [0.05, 0.1) is 36.1 Å². The lowest BCUT2D eigenvalue weighted by molar-refractivity contribution is 0.298. The fourth-order valence-corrected chi connectivity index (χ4v) is 3.72. The minimum atomic E-state index is -0.458. The van der Waals surface area contributed by atoms with Crippen molar-refractivity contribution in [2.45, 2.75) is 13.5 Å². The van der Waals surface area contributed by atoms with Crippen molar-refractivity contribution < 1.29 is 28.2 Å². The Hall–Kier alpha value is -3.71. The van der Waals surface area contributed by atoms with Crippen LogP contribution < -0.4 is 14.2 Å². The van der Waals surface area contributed by atoms with Crippen LogP contribution in [0.3, 0.4) is 0 Å². The Morgan fingerprint density at radius 1 is 1.03 bits per heavy atom. The van der Waals surface area contributed by atoms with E-state index in [0.717, 1.165) is 5.56 Å². The zero-order valence-corrected chi connectivity index (χ0v) is 18.9. The molecule has 0 spiro atoms. The van der Waals surface area contributed by atoms with Gasteiger partial charge in [0.2, 0.25) is 0 Å². The Labute approximate surface area is 195 Å². The maximum atomic E-state index is 14.0. The van der Waals surface area contributed by atoms with E-state index in [1.807, 2.05) is 19.1 Å². The summed E-state index contributed by atoms with van der Waals surface area (Å²) in [5.41, 5.74) is 2.81. The second-order valence-electron chi connectivity index (χ2n) is 7.21. The van der Waals surface area contributed by atoms with Crippen molar-refractivity contribution in [1.29, 1.82) is 0 Å². The van der Waals surface area contributed by atoms with Crippen LogP contribution in [-0.4, -0.2) is 24.5 Å². The van der Waals surface area contributed by atoms with Crippen molar-refractivity contribution in [1.82, 2.24) is 5.16 Å². The number of nitrogens with zero attached hydrogens (tertiary/aromatic N) is 1. The lowest BCUT2D eigenvalue weighted by Gasteiger charge is -2.12. The predicted octanol–water partition coefficient (Wildman–Crippen LogP) is 6.41. The van der Waals surface area contributed by atoms with Gasteiger partial charge in [-0.1, -0.05) is 28.9 Å². The van der Waals surface area contributed by atoms with Crippen molar-refractivity contribution in [3.63, 3.8) is 0 Å². The lowest BCUT2D eigenvalue weighted by Crippen LogP contribution is -1.99. The normalized spacial score (nSPS) is 10.8. The molecule has 4 rings (SSSR count). The van der Waals surface area contributed by atoms with E-state index in [-0.39, 0.29) is 22.9 Å². The number of phenolic OH excluding ortho intramolecular Hbond substituents is 1. The summed E-state index contributed by atoms with van der Waals surface area (Å²) in [6, 6.07) is 14.6. The molecule has 0 bridgehead atoms. The van der Waals surface area contributed by atoms with E-state index in [1.54, 1.807) is 38.5 Å². The summed E-state index contributed by atoms with van der Waals surface area (Å²) < 4.78 is 35.9. The molecular formula is C25H21ClFNO5. The van der Waals surface area contributed by atoms with Crippen molar-refractivity contribution in [3.8, 4) is 45.4 Å². The first-order valence-corrected chi connectivity index (χ1v) is 10.4. The summed E-state index contributed by atoms with van der Waals surface area (Å²) in [6.07, 6.45) is 0. The summed E-state index contributed by atoms with van der Waals surface area (Å²) in [6.45, 7) is 1.73. The molecule has 33 heavy (non-hydrogen) atoms. The van der Waals surface area contributed by atoms with Gasteiger partial charge in [0.25, 0.3) is 0 Å². The molecule has 3 aromatic carbocycles. The highest BCUT2D eigenvalue weighted by Gasteiger charge is 2.21. The minimum Gasteiger partial charge on any atom is -0.507 e. The van der Waals surface area contributed by atoms with Crippen LogP contribution in [0.5, 0.6) is 23.0 Å². The Bertz CT molecular complexity index is 1280. The van der Waals surface area contributed by atoms with Crippen molar-refractivity contribution in [3.05, 3.63) is 76.7 Å². The zero-order valence-electron chi connectivity index (χ0n) is 18.2. The number of hydrogen-bond acceptors (Lipinski definition) is 6. The van der Waals surface area contributed by atoms with E-state index in [4.69, 9.17) is 30.3 Å². The van der Waals surface area contributed by atoms with Gasteiger partial charge >= 0.3 is 0 Å². The standard InChI is InChI=1S/C25H21ClFNO5/c1-14-24(15-7-10-22(30-2)23(11-15)31-3)25(33-28-14)17-9-8-16(12-21(17)29)32-13-18-19(26)5-4-6-20(18)27/h4-12,29H,13H2,1-3H3. The molecule has 1 aromatic heterocycles. The van der Waals surface area contributed by atoms with E-state index >= 15 is 0 Å². The second kappa shape index (κ2) is 9.42. The molecule has 1 heterocycles. The quantitative estimate of drug-likeness (QED) is 0.337. The lowest BCUT2D eigenvalue weighted by atomic mass is 9.99. The fourth-order valence-electron chi connectivity index (χ4n) is 3.50. The van der Waals surface area contributed by atoms with Crippen molar-refractivity contribution >= 4 is 11.6 Å². The Morgan fingerprint density at radius 2 is 1.82 bits per heavy atom. The Morgan fingerprint density at radius 3 is 2.52 bits per heavy atom. The number of aromatic nitrogens is 1. The third-order valence-corrected chi connectivity index (χ3v) is 5.55. The van der Waals surface area contributed by atoms with Gasteiger partial charge < -0.3 is 23.8 Å². The molecule has 0 aliphatic rings. The maximum Gasteiger partial charge on any atom is 0.178 e. The molecule has 1 N–H and O–H groups in total. The summed E-state index contributed by atoms with van der Waals surface area (Å²) in [5, 5.41) is 15.1.